The van der Waals surface area contributed by atoms with Gasteiger partial charge in [-0.05, 0) is 54.5 Å². The van der Waals surface area contributed by atoms with Gasteiger partial charge in [-0.25, -0.2) is 0 Å². The quantitative estimate of drug-likeness (QED) is 0.801. The summed E-state index contributed by atoms with van der Waals surface area (Å²) < 4.78 is 0. The van der Waals surface area contributed by atoms with Crippen molar-refractivity contribution in [2.24, 2.45) is 5.92 Å². The summed E-state index contributed by atoms with van der Waals surface area (Å²) in [5, 5.41) is 3.48. The minimum absolute atomic E-state index is 0.115. The molecule has 0 radical (unpaired) electrons. The van der Waals surface area contributed by atoms with Crippen LogP contribution in [0.3, 0.4) is 0 Å². The lowest BCUT2D eigenvalue weighted by Crippen LogP contribution is -2.50. The summed E-state index contributed by atoms with van der Waals surface area (Å²) in [7, 11) is 0. The van der Waals surface area contributed by atoms with Crippen molar-refractivity contribution in [3.8, 4) is 0 Å². The molecule has 2 heterocycles. The van der Waals surface area contributed by atoms with Crippen molar-refractivity contribution >= 4 is 29.1 Å². The topological polar surface area (TPSA) is 52.7 Å². The van der Waals surface area contributed by atoms with E-state index in [9.17, 15) is 9.59 Å². The Morgan fingerprint density at radius 2 is 1.83 bits per heavy atom. The smallest absolute Gasteiger partial charge is 0.244 e. The molecular formula is C24H28ClN3O2. The van der Waals surface area contributed by atoms with Crippen LogP contribution in [0.15, 0.2) is 48.5 Å². The fraction of sp³-hybridized carbons (Fsp3) is 0.417. The molecule has 4 rings (SSSR count). The van der Waals surface area contributed by atoms with Gasteiger partial charge in [0.05, 0.1) is 6.54 Å². The molecule has 2 aliphatic heterocycles. The van der Waals surface area contributed by atoms with Crippen LogP contribution in [0, 0.1) is 5.92 Å². The average Bonchev–Trinajstić information content (AvgIpc) is 2.73. The molecule has 1 atom stereocenters. The fourth-order valence-corrected chi connectivity index (χ4v) is 4.62. The highest BCUT2D eigenvalue weighted by molar-refractivity contribution is 6.30. The molecule has 0 spiro atoms. The summed E-state index contributed by atoms with van der Waals surface area (Å²) in [6.07, 6.45) is 2.91. The zero-order valence-electron chi connectivity index (χ0n) is 17.3. The molecule has 30 heavy (non-hydrogen) atoms. The number of nitrogens with one attached hydrogen (secondary N) is 1. The van der Waals surface area contributed by atoms with Crippen LogP contribution in [0.5, 0.6) is 0 Å². The summed E-state index contributed by atoms with van der Waals surface area (Å²) in [6, 6.07) is 14.8. The summed E-state index contributed by atoms with van der Waals surface area (Å²) in [5.74, 6) is 0.638. The Bertz CT molecular complexity index is 924. The molecule has 0 unspecified atom stereocenters. The Morgan fingerprint density at radius 3 is 2.60 bits per heavy atom. The molecule has 1 fully saturated rings. The van der Waals surface area contributed by atoms with E-state index in [2.05, 4.69) is 18.3 Å². The predicted molar refractivity (Wildman–Crippen MR) is 120 cm³/mol. The zero-order valence-corrected chi connectivity index (χ0v) is 18.1. The molecule has 0 aromatic heterocycles. The Hall–Kier alpha value is -2.37. The third-order valence-corrected chi connectivity index (χ3v) is 6.40. The van der Waals surface area contributed by atoms with Gasteiger partial charge in [-0.3, -0.25) is 14.5 Å². The number of piperidine rings is 1. The average molecular weight is 426 g/mol. The second-order valence-electron chi connectivity index (χ2n) is 8.39. The van der Waals surface area contributed by atoms with E-state index in [1.165, 1.54) is 5.56 Å². The highest BCUT2D eigenvalue weighted by Gasteiger charge is 2.37. The molecule has 1 N–H and O–H groups in total. The lowest BCUT2D eigenvalue weighted by Gasteiger charge is -2.40. The first-order valence-electron chi connectivity index (χ1n) is 10.7. The predicted octanol–water partition coefficient (Wildman–Crippen LogP) is 4.14. The molecule has 2 amide bonds. The van der Waals surface area contributed by atoms with Gasteiger partial charge in [-0.1, -0.05) is 48.9 Å². The monoisotopic (exact) mass is 425 g/mol. The van der Waals surface area contributed by atoms with Crippen LogP contribution >= 0.6 is 11.6 Å². The lowest BCUT2D eigenvalue weighted by atomic mass is 9.90. The number of carbonyl (C=O) groups excluding carboxylic acids is 2. The molecule has 0 aliphatic carbocycles. The first-order chi connectivity index (χ1) is 14.5. The molecule has 1 saturated heterocycles. The summed E-state index contributed by atoms with van der Waals surface area (Å²) >= 11 is 6.03. The Kier molecular flexibility index (Phi) is 6.40. The molecular weight excluding hydrogens is 398 g/mol. The molecule has 0 saturated carbocycles. The number of fused-ring (bicyclic) bond motifs is 1. The first kappa shape index (κ1) is 20.9. The van der Waals surface area contributed by atoms with Crippen molar-refractivity contribution in [3.05, 3.63) is 64.7 Å². The highest BCUT2D eigenvalue weighted by Crippen LogP contribution is 2.32. The zero-order chi connectivity index (χ0) is 21.1. The number of halogens is 1. The van der Waals surface area contributed by atoms with E-state index in [0.29, 0.717) is 23.2 Å². The Labute approximate surface area is 183 Å². The maximum atomic E-state index is 13.6. The van der Waals surface area contributed by atoms with Crippen LogP contribution in [-0.2, 0) is 16.0 Å². The second kappa shape index (κ2) is 9.19. The number of hydrogen-bond donors (Lipinski definition) is 1. The van der Waals surface area contributed by atoms with E-state index < -0.39 is 6.04 Å². The Balaban J connectivity index is 1.53. The van der Waals surface area contributed by atoms with Crippen LogP contribution in [0.1, 0.15) is 36.9 Å². The standard InChI is InChI=1S/C24H28ClN3O2/c1-17-9-12-27(13-10-17)24(30)23-21-8-3-2-5-18(21)11-14-28(23)16-22(29)26-20-7-4-6-19(25)15-20/h2-8,15,17,23H,9-14,16H2,1H3,(H,26,29)/t23-/m0/s1. The fourth-order valence-electron chi connectivity index (χ4n) is 4.43. The highest BCUT2D eigenvalue weighted by atomic mass is 35.5. The van der Waals surface area contributed by atoms with Crippen LogP contribution in [0.4, 0.5) is 5.69 Å². The van der Waals surface area contributed by atoms with Gasteiger partial charge < -0.3 is 10.2 Å². The maximum Gasteiger partial charge on any atom is 0.244 e. The summed E-state index contributed by atoms with van der Waals surface area (Å²) in [5.41, 5.74) is 2.90. The van der Waals surface area contributed by atoms with Crippen LogP contribution < -0.4 is 5.32 Å². The number of likely N-dealkylation sites (tertiary alicyclic amines) is 1. The van der Waals surface area contributed by atoms with Crippen LogP contribution in [-0.4, -0.2) is 47.8 Å². The van der Waals surface area contributed by atoms with Gasteiger partial charge in [0.25, 0.3) is 0 Å². The van der Waals surface area contributed by atoms with E-state index in [1.807, 2.05) is 34.1 Å². The lowest BCUT2D eigenvalue weighted by molar-refractivity contribution is -0.139. The van der Waals surface area contributed by atoms with Crippen LogP contribution in [0.2, 0.25) is 5.02 Å². The van der Waals surface area contributed by atoms with Crippen LogP contribution in [0.25, 0.3) is 0 Å². The second-order valence-corrected chi connectivity index (χ2v) is 8.82. The van der Waals surface area contributed by atoms with Gasteiger partial charge in [-0.2, -0.15) is 0 Å². The number of benzene rings is 2. The molecule has 6 heteroatoms. The summed E-state index contributed by atoms with van der Waals surface area (Å²) in [6.45, 7) is 4.68. The molecule has 158 valence electrons. The van der Waals surface area contributed by atoms with Crippen molar-refractivity contribution in [3.63, 3.8) is 0 Å². The largest absolute Gasteiger partial charge is 0.341 e. The van der Waals surface area contributed by atoms with Gasteiger partial charge in [0, 0.05) is 30.3 Å². The van der Waals surface area contributed by atoms with Crippen molar-refractivity contribution < 1.29 is 9.59 Å². The molecule has 0 bridgehead atoms. The third kappa shape index (κ3) is 4.68. The SMILES string of the molecule is CC1CCN(C(=O)[C@@H]2c3ccccc3CCN2CC(=O)Nc2cccc(Cl)c2)CC1. The van der Waals surface area contributed by atoms with E-state index in [0.717, 1.165) is 37.9 Å². The number of carbonyl (C=O) groups is 2. The number of anilines is 1. The molecule has 5 nitrogen and oxygen atoms in total. The van der Waals surface area contributed by atoms with Gasteiger partial charge in [0.1, 0.15) is 6.04 Å². The van der Waals surface area contributed by atoms with E-state index in [1.54, 1.807) is 18.2 Å². The third-order valence-electron chi connectivity index (χ3n) is 6.17. The van der Waals surface area contributed by atoms with Gasteiger partial charge in [0.2, 0.25) is 11.8 Å². The number of rotatable bonds is 4. The van der Waals surface area contributed by atoms with E-state index in [4.69, 9.17) is 11.6 Å². The first-order valence-corrected chi connectivity index (χ1v) is 11.0. The molecule has 2 aromatic rings. The Morgan fingerprint density at radius 1 is 1.07 bits per heavy atom. The van der Waals surface area contributed by atoms with Crippen molar-refractivity contribution in [2.45, 2.75) is 32.2 Å². The van der Waals surface area contributed by atoms with Gasteiger partial charge in [-0.15, -0.1) is 0 Å². The number of amides is 2. The maximum absolute atomic E-state index is 13.6. The van der Waals surface area contributed by atoms with E-state index in [-0.39, 0.29) is 18.4 Å². The van der Waals surface area contributed by atoms with Crippen molar-refractivity contribution in [1.82, 2.24) is 9.80 Å². The van der Waals surface area contributed by atoms with E-state index >= 15 is 0 Å². The number of nitrogens with zero attached hydrogens (tertiary/aromatic N) is 2. The van der Waals surface area contributed by atoms with Gasteiger partial charge >= 0.3 is 0 Å². The minimum atomic E-state index is -0.409. The van der Waals surface area contributed by atoms with Gasteiger partial charge in [0.15, 0.2) is 0 Å². The number of hydrogen-bond acceptors (Lipinski definition) is 3. The van der Waals surface area contributed by atoms with Crippen molar-refractivity contribution in [2.75, 3.05) is 31.5 Å². The molecule has 2 aliphatic rings. The van der Waals surface area contributed by atoms with Crippen molar-refractivity contribution in [1.29, 1.82) is 0 Å². The summed E-state index contributed by atoms with van der Waals surface area (Å²) in [4.78, 5) is 30.3. The molecule has 2 aromatic carbocycles. The normalized spacial score (nSPS) is 19.9. The minimum Gasteiger partial charge on any atom is -0.341 e.